The Bertz CT molecular complexity index is 653. The third-order valence-electron chi connectivity index (χ3n) is 4.13. The summed E-state index contributed by atoms with van der Waals surface area (Å²) in [5.74, 6) is 1.81. The predicted octanol–water partition coefficient (Wildman–Crippen LogP) is 3.45. The average Bonchev–Trinajstić information content (AvgIpc) is 2.58. The fourth-order valence-corrected chi connectivity index (χ4v) is 2.65. The lowest BCUT2D eigenvalue weighted by Crippen LogP contribution is -2.50. The molecular weight excluding hydrogens is 361 g/mol. The maximum atomic E-state index is 12.3. The minimum Gasteiger partial charge on any atom is -0.456 e. The fraction of sp³-hybridized carbons (Fsp3) is 0.333. The molecule has 0 radical (unpaired) electrons. The SMILES string of the molecule is CC1CCNCC1NC(=O)c1ccc(Oc2cccnc2)cc1.Cl.Cl. The lowest BCUT2D eigenvalue weighted by atomic mass is 9.94. The molecule has 0 spiro atoms. The minimum absolute atomic E-state index is 0. The van der Waals surface area contributed by atoms with Crippen LogP contribution in [0.15, 0.2) is 48.8 Å². The van der Waals surface area contributed by atoms with Crippen molar-refractivity contribution in [3.05, 3.63) is 54.4 Å². The fourth-order valence-electron chi connectivity index (χ4n) is 2.65. The van der Waals surface area contributed by atoms with E-state index in [1.807, 2.05) is 12.1 Å². The summed E-state index contributed by atoms with van der Waals surface area (Å²) in [6, 6.07) is 11.0. The van der Waals surface area contributed by atoms with E-state index < -0.39 is 0 Å². The van der Waals surface area contributed by atoms with Gasteiger partial charge >= 0.3 is 0 Å². The lowest BCUT2D eigenvalue weighted by molar-refractivity contribution is 0.0915. The molecular formula is C18H23Cl2N3O2. The van der Waals surface area contributed by atoms with E-state index in [4.69, 9.17) is 4.74 Å². The van der Waals surface area contributed by atoms with E-state index in [9.17, 15) is 4.79 Å². The van der Waals surface area contributed by atoms with Crippen molar-refractivity contribution in [3.8, 4) is 11.5 Å². The van der Waals surface area contributed by atoms with Gasteiger partial charge in [-0.05, 0) is 55.3 Å². The highest BCUT2D eigenvalue weighted by molar-refractivity contribution is 5.94. The summed E-state index contributed by atoms with van der Waals surface area (Å²) >= 11 is 0. The molecule has 25 heavy (non-hydrogen) atoms. The van der Waals surface area contributed by atoms with E-state index >= 15 is 0 Å². The van der Waals surface area contributed by atoms with Crippen LogP contribution in [-0.4, -0.2) is 30.0 Å². The van der Waals surface area contributed by atoms with Gasteiger partial charge in [0.15, 0.2) is 0 Å². The third-order valence-corrected chi connectivity index (χ3v) is 4.13. The first-order valence-corrected chi connectivity index (χ1v) is 7.92. The number of carbonyl (C=O) groups excluding carboxylic acids is 1. The topological polar surface area (TPSA) is 63.2 Å². The summed E-state index contributed by atoms with van der Waals surface area (Å²) in [5, 5.41) is 6.42. The van der Waals surface area contributed by atoms with Gasteiger partial charge in [0.25, 0.3) is 5.91 Å². The number of piperidine rings is 1. The predicted molar refractivity (Wildman–Crippen MR) is 103 cm³/mol. The maximum Gasteiger partial charge on any atom is 0.251 e. The second-order valence-corrected chi connectivity index (χ2v) is 5.87. The number of nitrogens with zero attached hydrogens (tertiary/aromatic N) is 1. The molecule has 2 N–H and O–H groups in total. The number of rotatable bonds is 4. The summed E-state index contributed by atoms with van der Waals surface area (Å²) in [4.78, 5) is 16.3. The number of hydrogen-bond acceptors (Lipinski definition) is 4. The third kappa shape index (κ3) is 5.88. The Kier molecular flexibility index (Phi) is 8.69. The molecule has 2 atom stereocenters. The van der Waals surface area contributed by atoms with Crippen LogP contribution < -0.4 is 15.4 Å². The van der Waals surface area contributed by atoms with Gasteiger partial charge in [0, 0.05) is 24.3 Å². The smallest absolute Gasteiger partial charge is 0.251 e. The molecule has 3 rings (SSSR count). The largest absolute Gasteiger partial charge is 0.456 e. The van der Waals surface area contributed by atoms with Crippen molar-refractivity contribution < 1.29 is 9.53 Å². The van der Waals surface area contributed by atoms with Crippen LogP contribution in [0.25, 0.3) is 0 Å². The van der Waals surface area contributed by atoms with Crippen LogP contribution in [0.3, 0.4) is 0 Å². The molecule has 136 valence electrons. The molecule has 7 heteroatoms. The first-order valence-electron chi connectivity index (χ1n) is 7.92. The van der Waals surface area contributed by atoms with E-state index in [0.717, 1.165) is 19.5 Å². The van der Waals surface area contributed by atoms with Crippen molar-refractivity contribution in [2.45, 2.75) is 19.4 Å². The Hall–Kier alpha value is -1.82. The zero-order valence-corrected chi connectivity index (χ0v) is 15.6. The summed E-state index contributed by atoms with van der Waals surface area (Å²) in [5.41, 5.74) is 0.640. The number of nitrogens with one attached hydrogen (secondary N) is 2. The van der Waals surface area contributed by atoms with Crippen molar-refractivity contribution in [1.82, 2.24) is 15.6 Å². The van der Waals surface area contributed by atoms with Gasteiger partial charge in [-0.1, -0.05) is 6.92 Å². The minimum atomic E-state index is -0.0431. The zero-order chi connectivity index (χ0) is 16.1. The van der Waals surface area contributed by atoms with Crippen molar-refractivity contribution in [2.75, 3.05) is 13.1 Å². The summed E-state index contributed by atoms with van der Waals surface area (Å²) < 4.78 is 5.68. The number of pyridine rings is 1. The number of aromatic nitrogens is 1. The number of hydrogen-bond donors (Lipinski definition) is 2. The van der Waals surface area contributed by atoms with E-state index in [-0.39, 0.29) is 36.8 Å². The van der Waals surface area contributed by atoms with Crippen molar-refractivity contribution >= 4 is 30.7 Å². The van der Waals surface area contributed by atoms with Gasteiger partial charge < -0.3 is 15.4 Å². The van der Waals surface area contributed by atoms with Crippen LogP contribution in [0.4, 0.5) is 0 Å². The Balaban J connectivity index is 0.00000156. The van der Waals surface area contributed by atoms with Gasteiger partial charge in [-0.15, -0.1) is 24.8 Å². The van der Waals surface area contributed by atoms with Gasteiger partial charge in [0.1, 0.15) is 11.5 Å². The molecule has 0 aliphatic carbocycles. The average molecular weight is 384 g/mol. The highest BCUT2D eigenvalue weighted by Crippen LogP contribution is 2.20. The molecule has 1 aliphatic rings. The quantitative estimate of drug-likeness (QED) is 0.848. The number of ether oxygens (including phenoxy) is 1. The Labute approximate surface area is 160 Å². The van der Waals surface area contributed by atoms with E-state index in [1.165, 1.54) is 0 Å². The first kappa shape index (κ1) is 21.2. The highest BCUT2D eigenvalue weighted by atomic mass is 35.5. The number of amides is 1. The van der Waals surface area contributed by atoms with Crippen LogP contribution in [0.1, 0.15) is 23.7 Å². The Morgan fingerprint density at radius 1 is 1.20 bits per heavy atom. The molecule has 0 saturated carbocycles. The molecule has 1 amide bonds. The second kappa shape index (κ2) is 10.2. The van der Waals surface area contributed by atoms with Gasteiger partial charge in [0.05, 0.1) is 6.20 Å². The zero-order valence-electron chi connectivity index (χ0n) is 14.0. The van der Waals surface area contributed by atoms with Gasteiger partial charge in [-0.2, -0.15) is 0 Å². The van der Waals surface area contributed by atoms with Gasteiger partial charge in [0.2, 0.25) is 0 Å². The molecule has 2 aromatic rings. The number of benzene rings is 1. The van der Waals surface area contributed by atoms with Crippen molar-refractivity contribution in [3.63, 3.8) is 0 Å². The van der Waals surface area contributed by atoms with Gasteiger partial charge in [-0.3, -0.25) is 9.78 Å². The molecule has 1 aliphatic heterocycles. The Morgan fingerprint density at radius 2 is 1.96 bits per heavy atom. The van der Waals surface area contributed by atoms with E-state index in [1.54, 1.807) is 36.7 Å². The van der Waals surface area contributed by atoms with Crippen molar-refractivity contribution in [2.24, 2.45) is 5.92 Å². The van der Waals surface area contributed by atoms with Crippen LogP contribution >= 0.6 is 24.8 Å². The molecule has 1 aromatic carbocycles. The standard InChI is InChI=1S/C18H21N3O2.2ClH/c1-13-8-10-20-12-17(13)21-18(22)14-4-6-15(7-5-14)23-16-3-2-9-19-11-16;;/h2-7,9,11,13,17,20H,8,10,12H2,1H3,(H,21,22);2*1H. The number of carbonyl (C=O) groups is 1. The molecule has 1 saturated heterocycles. The maximum absolute atomic E-state index is 12.3. The normalized spacial score (nSPS) is 19.1. The molecule has 2 heterocycles. The monoisotopic (exact) mass is 383 g/mol. The number of halogens is 2. The molecule has 5 nitrogen and oxygen atoms in total. The summed E-state index contributed by atoms with van der Waals surface area (Å²) in [7, 11) is 0. The highest BCUT2D eigenvalue weighted by Gasteiger charge is 2.22. The Morgan fingerprint density at radius 3 is 2.60 bits per heavy atom. The molecule has 2 unspecified atom stereocenters. The van der Waals surface area contributed by atoms with Crippen LogP contribution in [0.5, 0.6) is 11.5 Å². The van der Waals surface area contributed by atoms with E-state index in [2.05, 4.69) is 22.5 Å². The molecule has 0 bridgehead atoms. The van der Waals surface area contributed by atoms with E-state index in [0.29, 0.717) is 23.0 Å². The second-order valence-electron chi connectivity index (χ2n) is 5.87. The lowest BCUT2D eigenvalue weighted by Gasteiger charge is -2.30. The van der Waals surface area contributed by atoms with Crippen LogP contribution in [0, 0.1) is 5.92 Å². The van der Waals surface area contributed by atoms with Crippen molar-refractivity contribution in [1.29, 1.82) is 0 Å². The van der Waals surface area contributed by atoms with Crippen LogP contribution in [-0.2, 0) is 0 Å². The van der Waals surface area contributed by atoms with Crippen LogP contribution in [0.2, 0.25) is 0 Å². The summed E-state index contributed by atoms with van der Waals surface area (Å²) in [6.45, 7) is 4.03. The first-order chi connectivity index (χ1) is 11.2. The molecule has 1 aromatic heterocycles. The van der Waals surface area contributed by atoms with Gasteiger partial charge in [-0.25, -0.2) is 0 Å². The summed E-state index contributed by atoms with van der Waals surface area (Å²) in [6.07, 6.45) is 4.43. The molecule has 1 fully saturated rings.